The first-order chi connectivity index (χ1) is 9.17. The molecule has 0 unspecified atom stereocenters. The second kappa shape index (κ2) is 5.61. The molecule has 0 bridgehead atoms. The minimum absolute atomic E-state index is 0.311. The molecule has 1 aromatic heterocycles. The molecule has 2 rings (SSSR count). The van der Waals surface area contributed by atoms with Gasteiger partial charge in [-0.2, -0.15) is 0 Å². The first-order valence-corrected chi connectivity index (χ1v) is 6.33. The Morgan fingerprint density at radius 2 is 1.84 bits per heavy atom. The highest BCUT2D eigenvalue weighted by Gasteiger charge is 2.13. The predicted molar refractivity (Wildman–Crippen MR) is 73.7 cm³/mol. The molecule has 100 valence electrons. The van der Waals surface area contributed by atoms with Gasteiger partial charge in [0.05, 0.1) is 6.61 Å². The van der Waals surface area contributed by atoms with E-state index in [0.29, 0.717) is 18.8 Å². The maximum absolute atomic E-state index is 11.1. The third kappa shape index (κ3) is 2.62. The Kier molecular flexibility index (Phi) is 3.90. The van der Waals surface area contributed by atoms with Crippen LogP contribution in [0, 0.1) is 0 Å². The lowest BCUT2D eigenvalue weighted by molar-refractivity contribution is 0.0685. The van der Waals surface area contributed by atoms with Gasteiger partial charge in [0.2, 0.25) is 0 Å². The summed E-state index contributed by atoms with van der Waals surface area (Å²) in [6, 6.07) is 11.1. The van der Waals surface area contributed by atoms with Gasteiger partial charge in [-0.3, -0.25) is 0 Å². The van der Waals surface area contributed by atoms with Gasteiger partial charge in [0, 0.05) is 12.2 Å². The molecule has 4 nitrogen and oxygen atoms in total. The van der Waals surface area contributed by atoms with Crippen LogP contribution >= 0.6 is 0 Å². The summed E-state index contributed by atoms with van der Waals surface area (Å²) in [5, 5.41) is 9.13. The molecule has 1 aromatic carbocycles. The van der Waals surface area contributed by atoms with Crippen molar-refractivity contribution in [2.45, 2.75) is 20.4 Å². The number of rotatable bonds is 5. The molecule has 4 heteroatoms. The Morgan fingerprint density at radius 1 is 1.16 bits per heavy atom. The van der Waals surface area contributed by atoms with Crippen molar-refractivity contribution in [1.82, 2.24) is 4.57 Å². The van der Waals surface area contributed by atoms with E-state index in [1.54, 1.807) is 10.6 Å². The Balaban J connectivity index is 2.38. The van der Waals surface area contributed by atoms with Crippen molar-refractivity contribution < 1.29 is 14.6 Å². The lowest BCUT2D eigenvalue weighted by Gasteiger charge is -2.10. The van der Waals surface area contributed by atoms with Gasteiger partial charge in [0.25, 0.3) is 0 Å². The van der Waals surface area contributed by atoms with E-state index in [-0.39, 0.29) is 0 Å². The summed E-state index contributed by atoms with van der Waals surface area (Å²) in [7, 11) is 0. The predicted octanol–water partition coefficient (Wildman–Crippen LogP) is 3.27. The Bertz CT molecular complexity index is 570. The lowest BCUT2D eigenvalue weighted by Crippen LogP contribution is -2.08. The Hall–Kier alpha value is -2.23. The summed E-state index contributed by atoms with van der Waals surface area (Å²) in [6.45, 7) is 5.13. The number of ether oxygens (including phenoxy) is 1. The number of hydrogen-bond acceptors (Lipinski definition) is 2. The third-order valence-corrected chi connectivity index (χ3v) is 2.98. The topological polar surface area (TPSA) is 51.5 Å². The van der Waals surface area contributed by atoms with Crippen LogP contribution in [0.3, 0.4) is 0 Å². The highest BCUT2D eigenvalue weighted by Crippen LogP contribution is 2.25. The molecule has 0 amide bonds. The number of aromatic carboxylic acids is 1. The summed E-state index contributed by atoms with van der Waals surface area (Å²) < 4.78 is 7.19. The largest absolute Gasteiger partial charge is 0.494 e. The Labute approximate surface area is 112 Å². The van der Waals surface area contributed by atoms with E-state index in [1.165, 1.54) is 0 Å². The van der Waals surface area contributed by atoms with Gasteiger partial charge < -0.3 is 14.4 Å². The SMILES string of the molecule is CCOc1ccc(-c2ccc(C(=O)O)n2CC)cc1. The van der Waals surface area contributed by atoms with Crippen molar-refractivity contribution in [2.24, 2.45) is 0 Å². The molecule has 0 atom stereocenters. The summed E-state index contributed by atoms with van der Waals surface area (Å²) in [5.41, 5.74) is 2.20. The van der Waals surface area contributed by atoms with Crippen molar-refractivity contribution in [3.05, 3.63) is 42.1 Å². The number of benzene rings is 1. The molecule has 2 aromatic rings. The van der Waals surface area contributed by atoms with Gasteiger partial charge in [-0.25, -0.2) is 4.79 Å². The zero-order chi connectivity index (χ0) is 13.8. The van der Waals surface area contributed by atoms with Gasteiger partial charge >= 0.3 is 5.97 Å². The number of nitrogens with zero attached hydrogens (tertiary/aromatic N) is 1. The van der Waals surface area contributed by atoms with Crippen molar-refractivity contribution in [1.29, 1.82) is 0 Å². The van der Waals surface area contributed by atoms with Crippen molar-refractivity contribution in [3.8, 4) is 17.0 Å². The van der Waals surface area contributed by atoms with E-state index >= 15 is 0 Å². The number of aromatic nitrogens is 1. The second-order valence-corrected chi connectivity index (χ2v) is 4.11. The molecule has 0 aliphatic heterocycles. The van der Waals surface area contributed by atoms with Crippen LogP contribution in [0.1, 0.15) is 24.3 Å². The van der Waals surface area contributed by atoms with Gasteiger partial charge in [-0.1, -0.05) is 0 Å². The van der Waals surface area contributed by atoms with Crippen LogP contribution in [-0.2, 0) is 6.54 Å². The summed E-state index contributed by atoms with van der Waals surface area (Å²) >= 11 is 0. The minimum atomic E-state index is -0.904. The summed E-state index contributed by atoms with van der Waals surface area (Å²) in [4.78, 5) is 11.1. The summed E-state index contributed by atoms with van der Waals surface area (Å²) in [5.74, 6) is -0.0849. The average Bonchev–Trinajstić information content (AvgIpc) is 2.84. The molecule has 1 heterocycles. The van der Waals surface area contributed by atoms with Gasteiger partial charge in [0.15, 0.2) is 0 Å². The smallest absolute Gasteiger partial charge is 0.352 e. The van der Waals surface area contributed by atoms with Crippen LogP contribution in [0.5, 0.6) is 5.75 Å². The van der Waals surface area contributed by atoms with Crippen LogP contribution in [-0.4, -0.2) is 22.2 Å². The highest BCUT2D eigenvalue weighted by atomic mass is 16.5. The zero-order valence-corrected chi connectivity index (χ0v) is 11.1. The molecule has 0 saturated carbocycles. The fourth-order valence-corrected chi connectivity index (χ4v) is 2.14. The molecule has 0 aliphatic rings. The molecule has 1 N–H and O–H groups in total. The number of hydrogen-bond donors (Lipinski definition) is 1. The third-order valence-electron chi connectivity index (χ3n) is 2.98. The highest BCUT2D eigenvalue weighted by molar-refractivity contribution is 5.87. The van der Waals surface area contributed by atoms with Gasteiger partial charge in [0.1, 0.15) is 11.4 Å². The molecular weight excluding hydrogens is 242 g/mol. The van der Waals surface area contributed by atoms with Crippen molar-refractivity contribution in [3.63, 3.8) is 0 Å². The standard InChI is InChI=1S/C15H17NO3/c1-3-16-13(9-10-14(16)15(17)18)11-5-7-12(8-6-11)19-4-2/h5-10H,3-4H2,1-2H3,(H,17,18). The number of carboxylic acid groups (broad SMARTS) is 1. The van der Waals surface area contributed by atoms with Gasteiger partial charge in [-0.05, 0) is 55.8 Å². The van der Waals surface area contributed by atoms with Crippen molar-refractivity contribution in [2.75, 3.05) is 6.61 Å². The van der Waals surface area contributed by atoms with E-state index in [2.05, 4.69) is 0 Å². The zero-order valence-electron chi connectivity index (χ0n) is 11.1. The van der Waals surface area contributed by atoms with E-state index in [9.17, 15) is 4.79 Å². The molecule has 0 fully saturated rings. The molecule has 0 radical (unpaired) electrons. The fourth-order valence-electron chi connectivity index (χ4n) is 2.14. The van der Waals surface area contributed by atoms with Gasteiger partial charge in [-0.15, -0.1) is 0 Å². The molecule has 0 spiro atoms. The Morgan fingerprint density at radius 3 is 2.37 bits per heavy atom. The molecule has 0 aliphatic carbocycles. The van der Waals surface area contributed by atoms with E-state index in [4.69, 9.17) is 9.84 Å². The summed E-state index contributed by atoms with van der Waals surface area (Å²) in [6.07, 6.45) is 0. The number of carbonyl (C=O) groups is 1. The maximum atomic E-state index is 11.1. The van der Waals surface area contributed by atoms with Crippen molar-refractivity contribution >= 4 is 5.97 Å². The second-order valence-electron chi connectivity index (χ2n) is 4.11. The maximum Gasteiger partial charge on any atom is 0.352 e. The van der Waals surface area contributed by atoms with Crippen LogP contribution in [0.15, 0.2) is 36.4 Å². The first-order valence-electron chi connectivity index (χ1n) is 6.33. The average molecular weight is 259 g/mol. The van der Waals surface area contributed by atoms with Crippen LogP contribution in [0.25, 0.3) is 11.3 Å². The van der Waals surface area contributed by atoms with E-state index < -0.39 is 5.97 Å². The first kappa shape index (κ1) is 13.2. The lowest BCUT2D eigenvalue weighted by atomic mass is 10.1. The monoisotopic (exact) mass is 259 g/mol. The molecule has 0 saturated heterocycles. The van der Waals surface area contributed by atoms with Crippen LogP contribution in [0.2, 0.25) is 0 Å². The molecule has 19 heavy (non-hydrogen) atoms. The van der Waals surface area contributed by atoms with E-state index in [1.807, 2.05) is 44.2 Å². The molecular formula is C15H17NO3. The quantitative estimate of drug-likeness (QED) is 0.896. The fraction of sp³-hybridized carbons (Fsp3) is 0.267. The number of carboxylic acids is 1. The van der Waals surface area contributed by atoms with Crippen LogP contribution < -0.4 is 4.74 Å². The normalized spacial score (nSPS) is 10.4. The van der Waals surface area contributed by atoms with Crippen LogP contribution in [0.4, 0.5) is 0 Å². The minimum Gasteiger partial charge on any atom is -0.494 e. The van der Waals surface area contributed by atoms with E-state index in [0.717, 1.165) is 17.0 Å².